The van der Waals surface area contributed by atoms with E-state index in [1.807, 2.05) is 19.4 Å². The Morgan fingerprint density at radius 1 is 1.10 bits per heavy atom. The fourth-order valence-corrected chi connectivity index (χ4v) is 9.50. The average Bonchev–Trinajstić information content (AvgIpc) is 3.22. The Morgan fingerprint density at radius 2 is 1.90 bits per heavy atom. The van der Waals surface area contributed by atoms with Gasteiger partial charge in [-0.15, -0.1) is 0 Å². The number of nitrogens with zero attached hydrogens (tertiary/aromatic N) is 2. The molecule has 4 aliphatic carbocycles. The smallest absolute Gasteiger partial charge is 0.167 e. The number of hydrogen-bond donors (Lipinski definition) is 2. The van der Waals surface area contributed by atoms with Crippen molar-refractivity contribution in [3.8, 4) is 0 Å². The van der Waals surface area contributed by atoms with Gasteiger partial charge in [0, 0.05) is 30.6 Å². The van der Waals surface area contributed by atoms with Gasteiger partial charge in [0.25, 0.3) is 0 Å². The lowest BCUT2D eigenvalue weighted by Crippen LogP contribution is -2.57. The third kappa shape index (κ3) is 2.97. The van der Waals surface area contributed by atoms with Crippen molar-refractivity contribution in [3.05, 3.63) is 12.4 Å². The van der Waals surface area contributed by atoms with Crippen molar-refractivity contribution in [2.24, 2.45) is 41.5 Å². The quantitative estimate of drug-likeness (QED) is 0.702. The van der Waals surface area contributed by atoms with Crippen LogP contribution in [0.2, 0.25) is 0 Å². The molecule has 0 saturated heterocycles. The molecule has 0 bridgehead atoms. The number of aryl methyl sites for hydroxylation is 1. The molecule has 0 aromatic carbocycles. The van der Waals surface area contributed by atoms with Gasteiger partial charge in [0.05, 0.1) is 11.7 Å². The first-order valence-corrected chi connectivity index (χ1v) is 12.8. The Hall–Kier alpha value is -0.520. The van der Waals surface area contributed by atoms with Gasteiger partial charge in [-0.1, -0.05) is 25.6 Å². The molecule has 4 aliphatic rings. The summed E-state index contributed by atoms with van der Waals surface area (Å²) < 4.78 is 2.05. The van der Waals surface area contributed by atoms with E-state index in [0.29, 0.717) is 17.3 Å². The van der Waals surface area contributed by atoms with Crippen LogP contribution in [0.15, 0.2) is 17.6 Å². The standard InChI is InChI=1S/C24H38N2O2S/c1-22-9-6-17(27)14-16(22)4-5-18-19(22)7-10-23(2)20(18)8-11-24(23,28)15-29-21-25-12-13-26(21)3/h12-13,16-20,27-28H,4-11,14-15H2,1-3H3/t16?,17?,18?,19?,20?,22-,23-,24+/m1/s1. The van der Waals surface area contributed by atoms with Crippen LogP contribution in [0, 0.1) is 34.5 Å². The van der Waals surface area contributed by atoms with Crippen molar-refractivity contribution >= 4 is 11.8 Å². The second-order valence-electron chi connectivity index (χ2n) is 11.2. The molecule has 162 valence electrons. The first-order chi connectivity index (χ1) is 13.8. The molecule has 5 heteroatoms. The van der Waals surface area contributed by atoms with Crippen molar-refractivity contribution in [1.82, 2.24) is 9.55 Å². The maximum atomic E-state index is 11.9. The van der Waals surface area contributed by atoms with Crippen LogP contribution in [0.4, 0.5) is 0 Å². The summed E-state index contributed by atoms with van der Waals surface area (Å²) in [5, 5.41) is 23.1. The third-order valence-corrected chi connectivity index (χ3v) is 11.5. The van der Waals surface area contributed by atoms with E-state index in [2.05, 4.69) is 23.4 Å². The molecular formula is C24H38N2O2S. The third-order valence-electron chi connectivity index (χ3n) is 10.2. The first kappa shape index (κ1) is 20.4. The first-order valence-electron chi connectivity index (χ1n) is 11.8. The van der Waals surface area contributed by atoms with Gasteiger partial charge < -0.3 is 14.8 Å². The van der Waals surface area contributed by atoms with Crippen molar-refractivity contribution in [1.29, 1.82) is 0 Å². The Labute approximate surface area is 179 Å². The zero-order valence-electron chi connectivity index (χ0n) is 18.3. The van der Waals surface area contributed by atoms with Crippen LogP contribution < -0.4 is 0 Å². The second-order valence-corrected chi connectivity index (χ2v) is 12.2. The van der Waals surface area contributed by atoms with Gasteiger partial charge in [-0.3, -0.25) is 0 Å². The number of aromatic nitrogens is 2. The molecule has 8 atom stereocenters. The van der Waals surface area contributed by atoms with E-state index in [9.17, 15) is 10.2 Å². The van der Waals surface area contributed by atoms with E-state index in [1.54, 1.807) is 11.8 Å². The molecule has 2 N–H and O–H groups in total. The van der Waals surface area contributed by atoms with E-state index in [-0.39, 0.29) is 11.5 Å². The summed E-state index contributed by atoms with van der Waals surface area (Å²) in [4.78, 5) is 4.45. The van der Waals surface area contributed by atoms with E-state index < -0.39 is 5.60 Å². The molecule has 29 heavy (non-hydrogen) atoms. The monoisotopic (exact) mass is 418 g/mol. The molecule has 1 heterocycles. The van der Waals surface area contributed by atoms with Gasteiger partial charge in [-0.2, -0.15) is 0 Å². The van der Waals surface area contributed by atoms with E-state index >= 15 is 0 Å². The fraction of sp³-hybridized carbons (Fsp3) is 0.875. The van der Waals surface area contributed by atoms with Crippen LogP contribution in [0.3, 0.4) is 0 Å². The van der Waals surface area contributed by atoms with Gasteiger partial charge >= 0.3 is 0 Å². The lowest BCUT2D eigenvalue weighted by Gasteiger charge is -2.61. The molecule has 5 unspecified atom stereocenters. The van der Waals surface area contributed by atoms with Crippen LogP contribution in [-0.4, -0.2) is 37.2 Å². The van der Waals surface area contributed by atoms with Crippen LogP contribution in [0.5, 0.6) is 0 Å². The van der Waals surface area contributed by atoms with Gasteiger partial charge in [0.15, 0.2) is 5.16 Å². The highest BCUT2D eigenvalue weighted by Crippen LogP contribution is 2.68. The number of imidazole rings is 1. The predicted molar refractivity (Wildman–Crippen MR) is 117 cm³/mol. The maximum Gasteiger partial charge on any atom is 0.167 e. The number of thioether (sulfide) groups is 1. The Morgan fingerprint density at radius 3 is 2.66 bits per heavy atom. The van der Waals surface area contributed by atoms with Gasteiger partial charge in [0.1, 0.15) is 0 Å². The summed E-state index contributed by atoms with van der Waals surface area (Å²) in [6, 6.07) is 0. The highest BCUT2D eigenvalue weighted by Gasteiger charge is 2.64. The molecule has 1 aromatic rings. The Kier molecular flexibility index (Phi) is 4.92. The number of aliphatic hydroxyl groups is 2. The molecule has 5 rings (SSSR count). The zero-order valence-corrected chi connectivity index (χ0v) is 19.1. The number of rotatable bonds is 3. The van der Waals surface area contributed by atoms with E-state index in [0.717, 1.165) is 48.4 Å². The minimum atomic E-state index is -0.584. The lowest BCUT2D eigenvalue weighted by atomic mass is 9.44. The zero-order chi connectivity index (χ0) is 20.4. The second kappa shape index (κ2) is 7.00. The molecule has 1 aromatic heterocycles. The molecule has 0 radical (unpaired) electrons. The highest BCUT2D eigenvalue weighted by atomic mass is 32.2. The van der Waals surface area contributed by atoms with Crippen molar-refractivity contribution in [2.45, 2.75) is 88.5 Å². The molecule has 0 aliphatic heterocycles. The van der Waals surface area contributed by atoms with Gasteiger partial charge in [-0.25, -0.2) is 4.98 Å². The maximum absolute atomic E-state index is 11.9. The van der Waals surface area contributed by atoms with Gasteiger partial charge in [0.2, 0.25) is 0 Å². The summed E-state index contributed by atoms with van der Waals surface area (Å²) in [6.45, 7) is 4.94. The summed E-state index contributed by atoms with van der Waals surface area (Å²) in [7, 11) is 2.03. The summed E-state index contributed by atoms with van der Waals surface area (Å²) >= 11 is 1.73. The Bertz CT molecular complexity index is 768. The number of aliphatic hydroxyl groups excluding tert-OH is 1. The minimum absolute atomic E-state index is 0.0315. The van der Waals surface area contributed by atoms with Crippen LogP contribution in [0.25, 0.3) is 0 Å². The van der Waals surface area contributed by atoms with Gasteiger partial charge in [-0.05, 0) is 86.9 Å². The number of hydrogen-bond acceptors (Lipinski definition) is 4. The van der Waals surface area contributed by atoms with Crippen molar-refractivity contribution in [3.63, 3.8) is 0 Å². The van der Waals surface area contributed by atoms with Crippen molar-refractivity contribution in [2.75, 3.05) is 5.75 Å². The minimum Gasteiger partial charge on any atom is -0.393 e. The van der Waals surface area contributed by atoms with Crippen LogP contribution in [0.1, 0.15) is 71.6 Å². The molecule has 4 fully saturated rings. The SMILES string of the molecule is Cn1ccnc1SC[C@@]1(O)CCC2C3CCC4CC(O)CC[C@@]4(C)C3CC[C@]21C. The lowest BCUT2D eigenvalue weighted by molar-refractivity contribution is -0.152. The van der Waals surface area contributed by atoms with Crippen LogP contribution in [-0.2, 0) is 7.05 Å². The molecule has 0 spiro atoms. The summed E-state index contributed by atoms with van der Waals surface area (Å²) in [5.41, 5.74) is -0.143. The van der Waals surface area contributed by atoms with Crippen molar-refractivity contribution < 1.29 is 10.2 Å². The fourth-order valence-electron chi connectivity index (χ4n) is 8.26. The largest absolute Gasteiger partial charge is 0.393 e. The summed E-state index contributed by atoms with van der Waals surface area (Å²) in [6.07, 6.45) is 14.1. The topological polar surface area (TPSA) is 58.3 Å². The molecular weight excluding hydrogens is 380 g/mol. The average molecular weight is 419 g/mol. The van der Waals surface area contributed by atoms with E-state index in [1.165, 1.54) is 32.1 Å². The predicted octanol–water partition coefficient (Wildman–Crippen LogP) is 4.65. The Balaban J connectivity index is 1.36. The summed E-state index contributed by atoms with van der Waals surface area (Å²) in [5.74, 6) is 3.66. The molecule has 4 nitrogen and oxygen atoms in total. The normalized spacial score (nSPS) is 49.3. The molecule has 4 saturated carbocycles. The number of fused-ring (bicyclic) bond motifs is 5. The van der Waals surface area contributed by atoms with Crippen LogP contribution >= 0.6 is 11.8 Å². The van der Waals surface area contributed by atoms with E-state index in [4.69, 9.17) is 0 Å². The molecule has 0 amide bonds. The highest BCUT2D eigenvalue weighted by molar-refractivity contribution is 7.99.